The molecule has 2 N–H and O–H groups in total. The van der Waals surface area contributed by atoms with Crippen molar-refractivity contribution in [1.82, 2.24) is 5.32 Å². The Morgan fingerprint density at radius 2 is 1.77 bits per heavy atom. The van der Waals surface area contributed by atoms with Gasteiger partial charge in [-0.1, -0.05) is 37.3 Å². The molecule has 3 aromatic rings. The normalized spacial score (nSPS) is 18.6. The minimum absolute atomic E-state index is 0.0306. The van der Waals surface area contributed by atoms with Crippen LogP contribution in [-0.2, 0) is 0 Å². The van der Waals surface area contributed by atoms with E-state index in [1.165, 1.54) is 5.56 Å². The first-order chi connectivity index (χ1) is 15.3. The van der Waals surface area contributed by atoms with Crippen molar-refractivity contribution in [1.29, 1.82) is 0 Å². The molecule has 2 unspecified atom stereocenters. The smallest absolute Gasteiger partial charge is 0.231 e. The zero-order valence-electron chi connectivity index (χ0n) is 17.3. The predicted octanol–water partition coefficient (Wildman–Crippen LogP) is 4.31. The summed E-state index contributed by atoms with van der Waals surface area (Å²) in [6.07, 6.45) is 0.950. The fourth-order valence-corrected chi connectivity index (χ4v) is 4.27. The van der Waals surface area contributed by atoms with Crippen LogP contribution in [0.3, 0.4) is 0 Å². The van der Waals surface area contributed by atoms with Crippen LogP contribution in [0.5, 0.6) is 23.0 Å². The zero-order chi connectivity index (χ0) is 21.2. The number of aliphatic hydroxyl groups excluding tert-OH is 1. The summed E-state index contributed by atoms with van der Waals surface area (Å²) in [7, 11) is 0. The van der Waals surface area contributed by atoms with Gasteiger partial charge in [0.15, 0.2) is 18.3 Å². The second-order valence-corrected chi connectivity index (χ2v) is 7.60. The van der Waals surface area contributed by atoms with Gasteiger partial charge >= 0.3 is 0 Å². The van der Waals surface area contributed by atoms with Gasteiger partial charge in [0, 0.05) is 5.56 Å². The van der Waals surface area contributed by atoms with Gasteiger partial charge in [0.1, 0.15) is 11.5 Å². The third-order valence-corrected chi connectivity index (χ3v) is 5.67. The van der Waals surface area contributed by atoms with Crippen molar-refractivity contribution in [3.63, 3.8) is 0 Å². The average molecular weight is 419 g/mol. The van der Waals surface area contributed by atoms with Crippen molar-refractivity contribution in [2.75, 3.05) is 20.2 Å². The molecule has 2 atom stereocenters. The monoisotopic (exact) mass is 419 g/mol. The number of hydrogen-bond acceptors (Lipinski definition) is 6. The molecule has 0 bridgehead atoms. The first-order valence-corrected chi connectivity index (χ1v) is 10.5. The topological polar surface area (TPSA) is 69.2 Å². The highest BCUT2D eigenvalue weighted by Crippen LogP contribution is 2.45. The van der Waals surface area contributed by atoms with E-state index in [1.807, 2.05) is 42.5 Å². The van der Waals surface area contributed by atoms with Crippen LogP contribution in [-0.4, -0.2) is 25.3 Å². The second-order valence-electron chi connectivity index (χ2n) is 7.60. The summed E-state index contributed by atoms with van der Waals surface area (Å²) < 4.78 is 22.5. The van der Waals surface area contributed by atoms with E-state index in [1.54, 1.807) is 0 Å². The largest absolute Gasteiger partial charge is 0.494 e. The van der Waals surface area contributed by atoms with Crippen molar-refractivity contribution in [2.24, 2.45) is 0 Å². The molecule has 2 aliphatic rings. The highest BCUT2D eigenvalue weighted by molar-refractivity contribution is 5.55. The van der Waals surface area contributed by atoms with E-state index in [4.69, 9.17) is 18.9 Å². The quantitative estimate of drug-likeness (QED) is 0.556. The van der Waals surface area contributed by atoms with Crippen LogP contribution in [0, 0.1) is 0 Å². The van der Waals surface area contributed by atoms with Crippen LogP contribution < -0.4 is 24.3 Å². The molecule has 0 amide bonds. The minimum Gasteiger partial charge on any atom is -0.494 e. The molecule has 0 aromatic heterocycles. The Bertz CT molecular complexity index is 1080. The summed E-state index contributed by atoms with van der Waals surface area (Å²) in [6, 6.07) is 19.9. The Morgan fingerprint density at radius 3 is 2.65 bits per heavy atom. The number of rotatable bonds is 7. The van der Waals surface area contributed by atoms with Crippen LogP contribution in [0.15, 0.2) is 60.7 Å². The van der Waals surface area contributed by atoms with E-state index in [2.05, 4.69) is 30.4 Å². The highest BCUT2D eigenvalue weighted by atomic mass is 16.7. The van der Waals surface area contributed by atoms with Gasteiger partial charge in [-0.2, -0.15) is 0 Å². The standard InChI is InChI=1S/C25H25NO5/c1-2-11-28-17-8-9-18-20(13-17)25(19-5-3-4-6-21(19)29-14-27)26-24(18)16-7-10-22-23(12-16)31-15-30-22/h3-10,12-13,24-27H,2,11,14-15H2,1H3. The molecule has 0 saturated heterocycles. The summed E-state index contributed by atoms with van der Waals surface area (Å²) in [5.74, 6) is 3.03. The van der Waals surface area contributed by atoms with Gasteiger partial charge in [0.2, 0.25) is 6.79 Å². The molecule has 6 nitrogen and oxygen atoms in total. The fourth-order valence-electron chi connectivity index (χ4n) is 4.27. The lowest BCUT2D eigenvalue weighted by molar-refractivity contribution is 0.0972. The minimum atomic E-state index is -0.373. The van der Waals surface area contributed by atoms with Crippen molar-refractivity contribution < 1.29 is 24.1 Å². The molecule has 5 rings (SSSR count). The van der Waals surface area contributed by atoms with Crippen molar-refractivity contribution >= 4 is 0 Å². The maximum absolute atomic E-state index is 9.35. The molecular weight excluding hydrogens is 394 g/mol. The average Bonchev–Trinajstić information content (AvgIpc) is 3.42. The molecule has 0 radical (unpaired) electrons. The number of fused-ring (bicyclic) bond motifs is 2. The Hall–Kier alpha value is -3.22. The summed E-state index contributed by atoms with van der Waals surface area (Å²) >= 11 is 0. The predicted molar refractivity (Wildman–Crippen MR) is 116 cm³/mol. The summed E-state index contributed by atoms with van der Waals surface area (Å²) in [4.78, 5) is 0. The first kappa shape index (κ1) is 19.7. The van der Waals surface area contributed by atoms with Crippen molar-refractivity contribution in [3.8, 4) is 23.0 Å². The molecular formula is C25H25NO5. The molecule has 2 heterocycles. The number of benzene rings is 3. The molecule has 0 spiro atoms. The van der Waals surface area contributed by atoms with E-state index in [0.717, 1.165) is 40.4 Å². The third-order valence-electron chi connectivity index (χ3n) is 5.67. The van der Waals surface area contributed by atoms with E-state index in [-0.39, 0.29) is 25.7 Å². The van der Waals surface area contributed by atoms with Crippen LogP contribution >= 0.6 is 0 Å². The molecule has 31 heavy (non-hydrogen) atoms. The molecule has 0 fully saturated rings. The molecule has 0 aliphatic carbocycles. The highest BCUT2D eigenvalue weighted by Gasteiger charge is 2.34. The van der Waals surface area contributed by atoms with E-state index < -0.39 is 0 Å². The number of nitrogens with one attached hydrogen (secondary N) is 1. The lowest BCUT2D eigenvalue weighted by Gasteiger charge is -2.19. The van der Waals surface area contributed by atoms with Gasteiger partial charge in [-0.25, -0.2) is 0 Å². The summed E-state index contributed by atoms with van der Waals surface area (Å²) in [6.45, 7) is 2.64. The van der Waals surface area contributed by atoms with E-state index in [0.29, 0.717) is 12.4 Å². The lowest BCUT2D eigenvalue weighted by Crippen LogP contribution is -2.20. The third kappa shape index (κ3) is 3.69. The number of para-hydroxylation sites is 1. The maximum atomic E-state index is 9.35. The molecule has 0 saturated carbocycles. The summed E-state index contributed by atoms with van der Waals surface area (Å²) in [5.41, 5.74) is 4.36. The first-order valence-electron chi connectivity index (χ1n) is 10.5. The Morgan fingerprint density at radius 1 is 0.903 bits per heavy atom. The van der Waals surface area contributed by atoms with Crippen molar-refractivity contribution in [2.45, 2.75) is 25.4 Å². The van der Waals surface area contributed by atoms with Crippen LogP contribution in [0.2, 0.25) is 0 Å². The number of hydrogen-bond donors (Lipinski definition) is 2. The van der Waals surface area contributed by atoms with Crippen molar-refractivity contribution in [3.05, 3.63) is 82.9 Å². The SMILES string of the molecule is CCCOc1ccc2c(c1)C(c1ccccc1OCO)NC2c1ccc2c(c1)OCO2. The van der Waals surface area contributed by atoms with Crippen LogP contribution in [0.25, 0.3) is 0 Å². The molecule has 2 aliphatic heterocycles. The van der Waals surface area contributed by atoms with Gasteiger partial charge in [0.05, 0.1) is 18.7 Å². The fraction of sp³-hybridized carbons (Fsp3) is 0.280. The molecule has 3 aromatic carbocycles. The number of aliphatic hydroxyl groups is 1. The second kappa shape index (κ2) is 8.49. The Labute approximate surface area is 181 Å². The van der Waals surface area contributed by atoms with Gasteiger partial charge in [-0.3, -0.25) is 5.32 Å². The molecule has 160 valence electrons. The van der Waals surface area contributed by atoms with Gasteiger partial charge in [-0.15, -0.1) is 0 Å². The van der Waals surface area contributed by atoms with Gasteiger partial charge in [-0.05, 0) is 53.4 Å². The zero-order valence-corrected chi connectivity index (χ0v) is 17.3. The van der Waals surface area contributed by atoms with Gasteiger partial charge in [0.25, 0.3) is 0 Å². The Kier molecular flexibility index (Phi) is 5.40. The lowest BCUT2D eigenvalue weighted by atomic mass is 9.94. The van der Waals surface area contributed by atoms with E-state index in [9.17, 15) is 5.11 Å². The summed E-state index contributed by atoms with van der Waals surface area (Å²) in [5, 5.41) is 13.1. The maximum Gasteiger partial charge on any atom is 0.231 e. The van der Waals surface area contributed by atoms with E-state index >= 15 is 0 Å². The molecule has 6 heteroatoms. The van der Waals surface area contributed by atoms with Crippen LogP contribution in [0.1, 0.15) is 47.7 Å². The van der Waals surface area contributed by atoms with Crippen LogP contribution in [0.4, 0.5) is 0 Å². The Balaban J connectivity index is 1.58. The number of ether oxygens (including phenoxy) is 4. The van der Waals surface area contributed by atoms with Gasteiger partial charge < -0.3 is 24.1 Å².